The predicted molar refractivity (Wildman–Crippen MR) is 76.9 cm³/mol. The Kier molecular flexibility index (Phi) is 3.09. The van der Waals surface area contributed by atoms with Crippen LogP contribution >= 0.6 is 0 Å². The van der Waals surface area contributed by atoms with E-state index in [1.165, 1.54) is 15.5 Å². The number of benzene rings is 1. The average Bonchev–Trinajstić information content (AvgIpc) is 2.77. The van der Waals surface area contributed by atoms with E-state index in [-0.39, 0.29) is 22.8 Å². The van der Waals surface area contributed by atoms with Gasteiger partial charge in [-0.1, -0.05) is 12.1 Å². The summed E-state index contributed by atoms with van der Waals surface area (Å²) in [6.07, 6.45) is 0.544. The van der Waals surface area contributed by atoms with E-state index < -0.39 is 17.4 Å². The molecule has 1 amide bonds. The topological polar surface area (TPSA) is 106 Å². The van der Waals surface area contributed by atoms with Gasteiger partial charge in [0.15, 0.2) is 0 Å². The number of fused-ring (bicyclic) bond motifs is 3. The predicted octanol–water partition coefficient (Wildman–Crippen LogP) is 1.26. The molecule has 8 nitrogen and oxygen atoms in total. The first-order valence-electron chi connectivity index (χ1n) is 6.67. The zero-order valence-corrected chi connectivity index (χ0v) is 11.8. The molecule has 0 radical (unpaired) electrons. The first-order chi connectivity index (χ1) is 10.4. The van der Waals surface area contributed by atoms with Crippen LogP contribution in [0, 0.1) is 10.1 Å². The second-order valence-corrected chi connectivity index (χ2v) is 5.21. The summed E-state index contributed by atoms with van der Waals surface area (Å²) < 4.78 is 1.25. The van der Waals surface area contributed by atoms with E-state index in [0.29, 0.717) is 23.9 Å². The Morgan fingerprint density at radius 3 is 2.82 bits per heavy atom. The van der Waals surface area contributed by atoms with Gasteiger partial charge in [-0.05, 0) is 12.0 Å². The maximum atomic E-state index is 12.4. The van der Waals surface area contributed by atoms with Crippen LogP contribution in [0.5, 0.6) is 0 Å². The molecule has 2 heterocycles. The highest BCUT2D eigenvalue weighted by molar-refractivity contribution is 6.05. The van der Waals surface area contributed by atoms with Gasteiger partial charge in [0.05, 0.1) is 4.92 Å². The Hall–Kier alpha value is -2.90. The Morgan fingerprint density at radius 2 is 2.18 bits per heavy atom. The Bertz CT molecular complexity index is 823. The molecule has 1 aromatic heterocycles. The summed E-state index contributed by atoms with van der Waals surface area (Å²) in [6.45, 7) is 0.0109. The zero-order valence-electron chi connectivity index (χ0n) is 11.8. The highest BCUT2D eigenvalue weighted by Crippen LogP contribution is 2.35. The van der Waals surface area contributed by atoms with Crippen LogP contribution in [-0.2, 0) is 17.8 Å². The number of carboxylic acids is 1. The van der Waals surface area contributed by atoms with Crippen molar-refractivity contribution in [3.05, 3.63) is 39.6 Å². The standard InChI is InChI=1S/C14H13N3O5/c1-15-6-5-9-8-3-2-4-10(17(21)22)12(8)16(7-11(18)19)13(9)14(15)20/h2-4H,5-7H2,1H3,(H,18,19). The molecule has 0 aliphatic carbocycles. The van der Waals surface area contributed by atoms with Gasteiger partial charge < -0.3 is 14.6 Å². The van der Waals surface area contributed by atoms with Gasteiger partial charge in [-0.15, -0.1) is 0 Å². The smallest absolute Gasteiger partial charge is 0.323 e. The van der Waals surface area contributed by atoms with Gasteiger partial charge >= 0.3 is 5.97 Å². The summed E-state index contributed by atoms with van der Waals surface area (Å²) in [5.41, 5.74) is 0.927. The highest BCUT2D eigenvalue weighted by atomic mass is 16.6. The van der Waals surface area contributed by atoms with Gasteiger partial charge in [-0.2, -0.15) is 0 Å². The second-order valence-electron chi connectivity index (χ2n) is 5.21. The van der Waals surface area contributed by atoms with Crippen molar-refractivity contribution in [3.63, 3.8) is 0 Å². The number of carboxylic acid groups (broad SMARTS) is 1. The Morgan fingerprint density at radius 1 is 1.45 bits per heavy atom. The molecule has 0 saturated heterocycles. The molecule has 1 N–H and O–H groups in total. The summed E-state index contributed by atoms with van der Waals surface area (Å²) in [4.78, 5) is 35.8. The van der Waals surface area contributed by atoms with E-state index in [0.717, 1.165) is 0 Å². The number of hydrogen-bond acceptors (Lipinski definition) is 4. The van der Waals surface area contributed by atoms with Crippen LogP contribution in [0.3, 0.4) is 0 Å². The van der Waals surface area contributed by atoms with Gasteiger partial charge in [0.25, 0.3) is 11.6 Å². The monoisotopic (exact) mass is 303 g/mol. The van der Waals surface area contributed by atoms with Crippen molar-refractivity contribution in [1.29, 1.82) is 0 Å². The van der Waals surface area contributed by atoms with Crippen LogP contribution in [0.15, 0.2) is 18.2 Å². The summed E-state index contributed by atoms with van der Waals surface area (Å²) >= 11 is 0. The molecule has 0 saturated carbocycles. The number of carbonyl (C=O) groups is 2. The first-order valence-corrected chi connectivity index (χ1v) is 6.67. The van der Waals surface area contributed by atoms with Crippen LogP contribution < -0.4 is 0 Å². The van der Waals surface area contributed by atoms with Crippen molar-refractivity contribution in [1.82, 2.24) is 9.47 Å². The van der Waals surface area contributed by atoms with Gasteiger partial charge in [-0.25, -0.2) is 0 Å². The normalized spacial score (nSPS) is 14.2. The summed E-state index contributed by atoms with van der Waals surface area (Å²) in [5, 5.41) is 20.9. The minimum Gasteiger partial charge on any atom is -0.480 e. The molecule has 0 atom stereocenters. The van der Waals surface area contributed by atoms with E-state index in [1.54, 1.807) is 19.2 Å². The SMILES string of the molecule is CN1CCc2c(n(CC(=O)O)c3c([N+](=O)[O-])cccc23)C1=O. The first kappa shape index (κ1) is 14.1. The number of amides is 1. The molecule has 2 aromatic rings. The number of hydrogen-bond donors (Lipinski definition) is 1. The third-order valence-electron chi connectivity index (χ3n) is 3.90. The molecular formula is C14H13N3O5. The Balaban J connectivity index is 2.42. The lowest BCUT2D eigenvalue weighted by atomic mass is 10.0. The lowest BCUT2D eigenvalue weighted by Crippen LogP contribution is -2.35. The van der Waals surface area contributed by atoms with Crippen molar-refractivity contribution in [2.24, 2.45) is 0 Å². The Labute approximate surface area is 124 Å². The van der Waals surface area contributed by atoms with E-state index in [1.807, 2.05) is 0 Å². The quantitative estimate of drug-likeness (QED) is 0.678. The molecule has 22 heavy (non-hydrogen) atoms. The van der Waals surface area contributed by atoms with Crippen LogP contribution in [0.25, 0.3) is 10.9 Å². The molecular weight excluding hydrogens is 290 g/mol. The number of likely N-dealkylation sites (N-methyl/N-ethyl adjacent to an activating group) is 1. The third-order valence-corrected chi connectivity index (χ3v) is 3.90. The minimum absolute atomic E-state index is 0.191. The largest absolute Gasteiger partial charge is 0.480 e. The van der Waals surface area contributed by atoms with Crippen molar-refractivity contribution < 1.29 is 19.6 Å². The van der Waals surface area contributed by atoms with Crippen LogP contribution in [-0.4, -0.2) is 45.0 Å². The molecule has 1 aromatic carbocycles. The van der Waals surface area contributed by atoms with Crippen LogP contribution in [0.4, 0.5) is 5.69 Å². The molecule has 8 heteroatoms. The maximum Gasteiger partial charge on any atom is 0.323 e. The molecule has 1 aliphatic rings. The van der Waals surface area contributed by atoms with Crippen molar-refractivity contribution in [3.8, 4) is 0 Å². The van der Waals surface area contributed by atoms with E-state index in [4.69, 9.17) is 5.11 Å². The highest BCUT2D eigenvalue weighted by Gasteiger charge is 2.32. The van der Waals surface area contributed by atoms with Crippen LogP contribution in [0.2, 0.25) is 0 Å². The maximum absolute atomic E-state index is 12.4. The third kappa shape index (κ3) is 1.92. The van der Waals surface area contributed by atoms with Gasteiger partial charge in [-0.3, -0.25) is 19.7 Å². The summed E-state index contributed by atoms with van der Waals surface area (Å²) in [5.74, 6) is -1.47. The molecule has 0 fully saturated rings. The fraction of sp³-hybridized carbons (Fsp3) is 0.286. The number of nitro benzene ring substituents is 1. The molecule has 3 rings (SSSR count). The number of aliphatic carboxylic acids is 1. The number of aromatic nitrogens is 1. The van der Waals surface area contributed by atoms with Crippen molar-refractivity contribution in [2.75, 3.05) is 13.6 Å². The fourth-order valence-corrected chi connectivity index (χ4v) is 2.96. The molecule has 0 unspecified atom stereocenters. The molecule has 1 aliphatic heterocycles. The number of para-hydroxylation sites is 1. The number of carbonyl (C=O) groups excluding carboxylic acids is 1. The summed E-state index contributed by atoms with van der Waals surface area (Å²) in [7, 11) is 1.63. The molecule has 114 valence electrons. The minimum atomic E-state index is -1.15. The van der Waals surface area contributed by atoms with Gasteiger partial charge in [0.2, 0.25) is 0 Å². The lowest BCUT2D eigenvalue weighted by molar-refractivity contribution is -0.383. The van der Waals surface area contributed by atoms with Crippen molar-refractivity contribution >= 4 is 28.5 Å². The molecule has 0 spiro atoms. The number of non-ortho nitro benzene ring substituents is 1. The summed E-state index contributed by atoms with van der Waals surface area (Å²) in [6, 6.07) is 4.56. The van der Waals surface area contributed by atoms with E-state index in [9.17, 15) is 19.7 Å². The van der Waals surface area contributed by atoms with Gasteiger partial charge in [0.1, 0.15) is 17.8 Å². The lowest BCUT2D eigenvalue weighted by Gasteiger charge is -2.23. The van der Waals surface area contributed by atoms with Crippen LogP contribution in [0.1, 0.15) is 16.1 Å². The van der Waals surface area contributed by atoms with Crippen molar-refractivity contribution in [2.45, 2.75) is 13.0 Å². The van der Waals surface area contributed by atoms with E-state index >= 15 is 0 Å². The number of nitrogens with zero attached hydrogens (tertiary/aromatic N) is 3. The number of rotatable bonds is 3. The number of nitro groups is 1. The van der Waals surface area contributed by atoms with E-state index in [2.05, 4.69) is 0 Å². The fourth-order valence-electron chi connectivity index (χ4n) is 2.96. The zero-order chi connectivity index (χ0) is 16.0. The molecule has 0 bridgehead atoms. The average molecular weight is 303 g/mol. The second kappa shape index (κ2) is 4.83. The van der Waals surface area contributed by atoms with Gasteiger partial charge in [0, 0.05) is 25.0 Å².